The van der Waals surface area contributed by atoms with Gasteiger partial charge in [0.2, 0.25) is 0 Å². The fourth-order valence-electron chi connectivity index (χ4n) is 2.53. The molecule has 2 heterocycles. The first-order valence-corrected chi connectivity index (χ1v) is 6.77. The lowest BCUT2D eigenvalue weighted by Gasteiger charge is -2.22. The van der Waals surface area contributed by atoms with Crippen LogP contribution in [-0.2, 0) is 22.6 Å². The quantitative estimate of drug-likeness (QED) is 0.919. The van der Waals surface area contributed by atoms with Crippen LogP contribution in [0.4, 0.5) is 0 Å². The Balaban J connectivity index is 1.76. The average Bonchev–Trinajstić information content (AvgIpc) is 2.83. The molecule has 1 aliphatic rings. The van der Waals surface area contributed by atoms with Crippen LogP contribution in [0.25, 0.3) is 11.0 Å². The summed E-state index contributed by atoms with van der Waals surface area (Å²) in [5, 5.41) is 1.09. The number of ether oxygens (including phenoxy) is 2. The molecule has 0 saturated carbocycles. The predicted molar refractivity (Wildman–Crippen MR) is 72.7 cm³/mol. The van der Waals surface area contributed by atoms with E-state index < -0.39 is 0 Å². The molecule has 0 spiro atoms. The molecule has 4 heteroatoms. The molecule has 1 aromatic heterocycles. The fraction of sp³-hybridized carbons (Fsp3) is 0.467. The van der Waals surface area contributed by atoms with E-state index in [0.717, 1.165) is 48.3 Å². The Morgan fingerprint density at radius 1 is 1.21 bits per heavy atom. The first-order valence-electron chi connectivity index (χ1n) is 6.77. The van der Waals surface area contributed by atoms with Crippen molar-refractivity contribution in [1.29, 1.82) is 0 Å². The molecule has 1 saturated heterocycles. The fourth-order valence-corrected chi connectivity index (χ4v) is 2.53. The van der Waals surface area contributed by atoms with Gasteiger partial charge in [-0.25, -0.2) is 0 Å². The van der Waals surface area contributed by atoms with Gasteiger partial charge in [-0.2, -0.15) is 0 Å². The third-order valence-corrected chi connectivity index (χ3v) is 3.60. The van der Waals surface area contributed by atoms with E-state index in [9.17, 15) is 0 Å². The molecule has 4 nitrogen and oxygen atoms in total. The normalized spacial score (nSPS) is 17.1. The van der Waals surface area contributed by atoms with E-state index in [2.05, 4.69) is 0 Å². The molecule has 102 valence electrons. The number of benzene rings is 1. The van der Waals surface area contributed by atoms with E-state index in [1.54, 1.807) is 0 Å². The number of hydrogen-bond acceptors (Lipinski definition) is 4. The van der Waals surface area contributed by atoms with Crippen molar-refractivity contribution in [2.24, 2.45) is 5.73 Å². The number of rotatable bonds is 4. The number of hydrogen-bond donors (Lipinski definition) is 1. The van der Waals surface area contributed by atoms with Gasteiger partial charge in [0.05, 0.1) is 6.10 Å². The average molecular weight is 261 g/mol. The summed E-state index contributed by atoms with van der Waals surface area (Å²) in [6, 6.07) is 7.97. The molecule has 1 aliphatic heterocycles. The van der Waals surface area contributed by atoms with Crippen LogP contribution < -0.4 is 5.73 Å². The molecule has 2 N–H and O–H groups in total. The van der Waals surface area contributed by atoms with Gasteiger partial charge in [0, 0.05) is 30.7 Å². The van der Waals surface area contributed by atoms with Gasteiger partial charge in [-0.15, -0.1) is 0 Å². The zero-order valence-electron chi connectivity index (χ0n) is 10.9. The van der Waals surface area contributed by atoms with Gasteiger partial charge in [0.25, 0.3) is 0 Å². The van der Waals surface area contributed by atoms with E-state index in [-0.39, 0.29) is 6.10 Å². The maximum absolute atomic E-state index is 5.91. The monoisotopic (exact) mass is 261 g/mol. The Morgan fingerprint density at radius 3 is 2.79 bits per heavy atom. The highest BCUT2D eigenvalue weighted by Crippen LogP contribution is 2.26. The van der Waals surface area contributed by atoms with Crippen molar-refractivity contribution < 1.29 is 13.9 Å². The Labute approximate surface area is 112 Å². The summed E-state index contributed by atoms with van der Waals surface area (Å²) in [7, 11) is 0. The lowest BCUT2D eigenvalue weighted by atomic mass is 10.1. The molecule has 1 fully saturated rings. The molecule has 19 heavy (non-hydrogen) atoms. The molecule has 1 aromatic carbocycles. The molecule has 0 atom stereocenters. The second kappa shape index (κ2) is 5.74. The maximum Gasteiger partial charge on any atom is 0.135 e. The topological polar surface area (TPSA) is 57.6 Å². The van der Waals surface area contributed by atoms with Crippen LogP contribution in [0.1, 0.15) is 24.2 Å². The summed E-state index contributed by atoms with van der Waals surface area (Å²) < 4.78 is 17.1. The van der Waals surface area contributed by atoms with Gasteiger partial charge in [0.15, 0.2) is 0 Å². The highest BCUT2D eigenvalue weighted by molar-refractivity contribution is 5.82. The van der Waals surface area contributed by atoms with Crippen molar-refractivity contribution in [3.63, 3.8) is 0 Å². The summed E-state index contributed by atoms with van der Waals surface area (Å²) in [4.78, 5) is 0. The minimum Gasteiger partial charge on any atom is -0.458 e. The van der Waals surface area contributed by atoms with Gasteiger partial charge < -0.3 is 19.6 Å². The van der Waals surface area contributed by atoms with Crippen molar-refractivity contribution in [1.82, 2.24) is 0 Å². The van der Waals surface area contributed by atoms with Gasteiger partial charge in [-0.3, -0.25) is 0 Å². The third-order valence-electron chi connectivity index (χ3n) is 3.60. The van der Waals surface area contributed by atoms with Crippen molar-refractivity contribution >= 4 is 11.0 Å². The van der Waals surface area contributed by atoms with Crippen molar-refractivity contribution in [2.75, 3.05) is 13.2 Å². The van der Waals surface area contributed by atoms with Crippen LogP contribution in [0.15, 0.2) is 28.7 Å². The largest absolute Gasteiger partial charge is 0.458 e. The summed E-state index contributed by atoms with van der Waals surface area (Å²) in [6.45, 7) is 2.54. The van der Waals surface area contributed by atoms with Gasteiger partial charge in [-0.05, 0) is 18.9 Å². The minimum atomic E-state index is 0.271. The van der Waals surface area contributed by atoms with Crippen molar-refractivity contribution in [2.45, 2.75) is 32.1 Å². The summed E-state index contributed by atoms with van der Waals surface area (Å²) >= 11 is 0. The third kappa shape index (κ3) is 2.66. The zero-order valence-corrected chi connectivity index (χ0v) is 10.9. The van der Waals surface area contributed by atoms with Crippen molar-refractivity contribution in [3.8, 4) is 0 Å². The Morgan fingerprint density at radius 2 is 2.00 bits per heavy atom. The van der Waals surface area contributed by atoms with Crippen molar-refractivity contribution in [3.05, 3.63) is 35.6 Å². The van der Waals surface area contributed by atoms with Gasteiger partial charge in [0.1, 0.15) is 18.0 Å². The summed E-state index contributed by atoms with van der Waals surface area (Å²) in [6.07, 6.45) is 2.18. The highest BCUT2D eigenvalue weighted by Gasteiger charge is 2.17. The number of fused-ring (bicyclic) bond motifs is 1. The number of para-hydroxylation sites is 1. The first kappa shape index (κ1) is 12.7. The zero-order chi connectivity index (χ0) is 13.1. The molecular weight excluding hydrogens is 242 g/mol. The molecule has 0 unspecified atom stereocenters. The SMILES string of the molecule is NCc1c(COC2CCOCC2)oc2ccccc12. The second-order valence-corrected chi connectivity index (χ2v) is 4.83. The highest BCUT2D eigenvalue weighted by atomic mass is 16.5. The van der Waals surface area contributed by atoms with Crippen LogP contribution in [0.3, 0.4) is 0 Å². The van der Waals surface area contributed by atoms with Gasteiger partial charge >= 0.3 is 0 Å². The molecule has 0 amide bonds. The predicted octanol–water partition coefficient (Wildman–Crippen LogP) is 2.59. The molecule has 0 bridgehead atoms. The lowest BCUT2D eigenvalue weighted by Crippen LogP contribution is -2.23. The van der Waals surface area contributed by atoms with Crippen LogP contribution in [0.5, 0.6) is 0 Å². The molecular formula is C15H19NO3. The Bertz CT molecular complexity index is 543. The van der Waals surface area contributed by atoms with Gasteiger partial charge in [-0.1, -0.05) is 18.2 Å². The standard InChI is InChI=1S/C15H19NO3/c16-9-13-12-3-1-2-4-14(12)19-15(13)10-18-11-5-7-17-8-6-11/h1-4,11H,5-10,16H2. The van der Waals surface area contributed by atoms with Crippen LogP contribution in [-0.4, -0.2) is 19.3 Å². The van der Waals surface area contributed by atoms with E-state index >= 15 is 0 Å². The Kier molecular flexibility index (Phi) is 3.82. The number of nitrogens with two attached hydrogens (primary N) is 1. The van der Waals surface area contributed by atoms with E-state index in [0.29, 0.717) is 13.2 Å². The molecule has 2 aromatic rings. The number of furan rings is 1. The first-order chi connectivity index (χ1) is 9.38. The molecule has 0 aliphatic carbocycles. The minimum absolute atomic E-state index is 0.271. The van der Waals surface area contributed by atoms with E-state index in [4.69, 9.17) is 19.6 Å². The smallest absolute Gasteiger partial charge is 0.135 e. The van der Waals surface area contributed by atoms with E-state index in [1.165, 1.54) is 0 Å². The molecule has 0 radical (unpaired) electrons. The Hall–Kier alpha value is -1.36. The second-order valence-electron chi connectivity index (χ2n) is 4.83. The van der Waals surface area contributed by atoms with Crippen LogP contribution in [0.2, 0.25) is 0 Å². The van der Waals surface area contributed by atoms with E-state index in [1.807, 2.05) is 24.3 Å². The summed E-state index contributed by atoms with van der Waals surface area (Å²) in [5.74, 6) is 0.857. The maximum atomic E-state index is 5.91. The van der Waals surface area contributed by atoms with Crippen LogP contribution in [0, 0.1) is 0 Å². The molecule has 3 rings (SSSR count). The summed E-state index contributed by atoms with van der Waals surface area (Å²) in [5.41, 5.74) is 7.78. The lowest BCUT2D eigenvalue weighted by molar-refractivity contribution is -0.0433. The van der Waals surface area contributed by atoms with Crippen LogP contribution >= 0.6 is 0 Å².